The summed E-state index contributed by atoms with van der Waals surface area (Å²) >= 11 is 0. The number of pyridine rings is 1. The van der Waals surface area contributed by atoms with Gasteiger partial charge in [0.15, 0.2) is 5.82 Å². The Hall–Kier alpha value is -3.04. The van der Waals surface area contributed by atoms with Crippen LogP contribution in [0, 0.1) is 0 Å². The summed E-state index contributed by atoms with van der Waals surface area (Å²) < 4.78 is 23.9. The molecule has 2 aromatic heterocycles. The molecule has 1 aromatic carbocycles. The van der Waals surface area contributed by atoms with E-state index in [-0.39, 0.29) is 4.90 Å². The topological polar surface area (TPSA) is 105 Å². The SMILES string of the molecule is CCc1cc(N2CCN(c3ccccc3S(N)(=O)=O)CC2)nc(-c2ccccn2)n1. The van der Waals surface area contributed by atoms with Crippen LogP contribution >= 0.6 is 0 Å². The lowest BCUT2D eigenvalue weighted by Gasteiger charge is -2.37. The van der Waals surface area contributed by atoms with Crippen LogP contribution < -0.4 is 14.9 Å². The highest BCUT2D eigenvalue weighted by molar-refractivity contribution is 7.89. The van der Waals surface area contributed by atoms with Crippen molar-refractivity contribution in [2.45, 2.75) is 18.2 Å². The zero-order chi connectivity index (χ0) is 21.1. The molecule has 0 bridgehead atoms. The Bertz CT molecular complexity index is 1130. The maximum Gasteiger partial charge on any atom is 0.240 e. The Kier molecular flexibility index (Phi) is 5.65. The first-order valence-electron chi connectivity index (χ1n) is 9.87. The predicted molar refractivity (Wildman–Crippen MR) is 117 cm³/mol. The first-order chi connectivity index (χ1) is 14.5. The number of aryl methyl sites for hydroxylation is 1. The van der Waals surface area contributed by atoms with Crippen molar-refractivity contribution in [3.8, 4) is 11.5 Å². The van der Waals surface area contributed by atoms with Gasteiger partial charge in [0.25, 0.3) is 0 Å². The van der Waals surface area contributed by atoms with Crippen LogP contribution in [0.4, 0.5) is 11.5 Å². The Labute approximate surface area is 176 Å². The lowest BCUT2D eigenvalue weighted by molar-refractivity contribution is 0.595. The maximum absolute atomic E-state index is 11.9. The number of sulfonamides is 1. The van der Waals surface area contributed by atoms with Crippen molar-refractivity contribution >= 4 is 21.5 Å². The molecule has 4 rings (SSSR count). The van der Waals surface area contributed by atoms with E-state index in [2.05, 4.69) is 26.7 Å². The molecule has 0 unspecified atom stereocenters. The summed E-state index contributed by atoms with van der Waals surface area (Å²) in [6, 6.07) is 14.6. The molecule has 0 aliphatic carbocycles. The van der Waals surface area contributed by atoms with E-state index in [1.807, 2.05) is 30.3 Å². The molecule has 1 aliphatic heterocycles. The van der Waals surface area contributed by atoms with Gasteiger partial charge in [-0.15, -0.1) is 0 Å². The number of anilines is 2. The molecule has 0 saturated carbocycles. The van der Waals surface area contributed by atoms with E-state index in [0.717, 1.165) is 23.6 Å². The Morgan fingerprint density at radius 3 is 2.33 bits per heavy atom. The van der Waals surface area contributed by atoms with Gasteiger partial charge in [0.1, 0.15) is 16.4 Å². The van der Waals surface area contributed by atoms with E-state index in [1.54, 1.807) is 24.4 Å². The number of aromatic nitrogens is 3. The fourth-order valence-corrected chi connectivity index (χ4v) is 4.33. The highest BCUT2D eigenvalue weighted by Gasteiger charge is 2.24. The molecular formula is C21H24N6O2S. The van der Waals surface area contributed by atoms with Gasteiger partial charge in [0.05, 0.1) is 5.69 Å². The van der Waals surface area contributed by atoms with Crippen LogP contribution in [-0.4, -0.2) is 49.5 Å². The Balaban J connectivity index is 1.57. The van der Waals surface area contributed by atoms with Gasteiger partial charge >= 0.3 is 0 Å². The number of nitrogens with zero attached hydrogens (tertiary/aromatic N) is 5. The fraction of sp³-hybridized carbons (Fsp3) is 0.286. The summed E-state index contributed by atoms with van der Waals surface area (Å²) in [6.07, 6.45) is 2.54. The number of primary sulfonamides is 1. The van der Waals surface area contributed by atoms with E-state index in [9.17, 15) is 8.42 Å². The molecule has 0 spiro atoms. The number of nitrogens with two attached hydrogens (primary N) is 1. The zero-order valence-corrected chi connectivity index (χ0v) is 17.6. The molecular weight excluding hydrogens is 400 g/mol. The normalized spacial score (nSPS) is 14.7. The van der Waals surface area contributed by atoms with Crippen molar-refractivity contribution in [2.24, 2.45) is 5.14 Å². The average molecular weight is 425 g/mol. The maximum atomic E-state index is 11.9. The minimum Gasteiger partial charge on any atom is -0.367 e. The van der Waals surface area contributed by atoms with Gasteiger partial charge in [0.2, 0.25) is 10.0 Å². The first kappa shape index (κ1) is 20.2. The molecule has 0 atom stereocenters. The van der Waals surface area contributed by atoms with E-state index < -0.39 is 10.0 Å². The number of piperazine rings is 1. The van der Waals surface area contributed by atoms with Crippen LogP contribution in [0.2, 0.25) is 0 Å². The monoisotopic (exact) mass is 424 g/mol. The van der Waals surface area contributed by atoms with Crippen LogP contribution in [0.5, 0.6) is 0 Å². The van der Waals surface area contributed by atoms with E-state index in [1.165, 1.54) is 0 Å². The third-order valence-electron chi connectivity index (χ3n) is 5.14. The molecule has 3 aromatic rings. The third kappa shape index (κ3) is 4.27. The van der Waals surface area contributed by atoms with Crippen LogP contribution in [0.25, 0.3) is 11.5 Å². The molecule has 1 saturated heterocycles. The largest absolute Gasteiger partial charge is 0.367 e. The number of hydrogen-bond acceptors (Lipinski definition) is 7. The Morgan fingerprint density at radius 2 is 1.67 bits per heavy atom. The minimum absolute atomic E-state index is 0.159. The predicted octanol–water partition coefficient (Wildman–Crippen LogP) is 2.08. The van der Waals surface area contributed by atoms with Crippen LogP contribution in [0.3, 0.4) is 0 Å². The molecule has 30 heavy (non-hydrogen) atoms. The third-order valence-corrected chi connectivity index (χ3v) is 6.10. The van der Waals surface area contributed by atoms with E-state index in [4.69, 9.17) is 10.1 Å². The molecule has 9 heteroatoms. The van der Waals surface area contributed by atoms with Gasteiger partial charge in [-0.3, -0.25) is 4.98 Å². The number of benzene rings is 1. The number of hydrogen-bond donors (Lipinski definition) is 1. The van der Waals surface area contributed by atoms with Crippen molar-refractivity contribution < 1.29 is 8.42 Å². The van der Waals surface area contributed by atoms with Crippen molar-refractivity contribution in [1.82, 2.24) is 15.0 Å². The van der Waals surface area contributed by atoms with Gasteiger partial charge in [-0.2, -0.15) is 0 Å². The van der Waals surface area contributed by atoms with Crippen molar-refractivity contribution in [1.29, 1.82) is 0 Å². The van der Waals surface area contributed by atoms with Crippen LogP contribution in [0.1, 0.15) is 12.6 Å². The molecule has 0 radical (unpaired) electrons. The van der Waals surface area contributed by atoms with E-state index >= 15 is 0 Å². The molecule has 1 fully saturated rings. The van der Waals surface area contributed by atoms with Gasteiger partial charge in [-0.25, -0.2) is 23.5 Å². The smallest absolute Gasteiger partial charge is 0.240 e. The first-order valence-corrected chi connectivity index (χ1v) is 11.4. The van der Waals surface area contributed by atoms with Gasteiger partial charge < -0.3 is 9.80 Å². The lowest BCUT2D eigenvalue weighted by atomic mass is 10.2. The minimum atomic E-state index is -3.78. The van der Waals surface area contributed by atoms with Crippen LogP contribution in [-0.2, 0) is 16.4 Å². The summed E-state index contributed by atoms with van der Waals surface area (Å²) in [5.41, 5.74) is 2.35. The summed E-state index contributed by atoms with van der Waals surface area (Å²) in [4.78, 5) is 18.2. The van der Waals surface area contributed by atoms with Gasteiger partial charge in [-0.05, 0) is 30.7 Å². The highest BCUT2D eigenvalue weighted by Crippen LogP contribution is 2.27. The fourth-order valence-electron chi connectivity index (χ4n) is 3.57. The second-order valence-electron chi connectivity index (χ2n) is 7.10. The average Bonchev–Trinajstić information content (AvgIpc) is 2.79. The molecule has 3 heterocycles. The van der Waals surface area contributed by atoms with E-state index in [0.29, 0.717) is 37.7 Å². The molecule has 1 aliphatic rings. The standard InChI is InChI=1S/C21H24N6O2S/c1-2-16-15-20(25-21(24-16)17-7-5-6-10-23-17)27-13-11-26(12-14-27)18-8-3-4-9-19(18)30(22,28)29/h3-10,15H,2,11-14H2,1H3,(H2,22,28,29). The quantitative estimate of drug-likeness (QED) is 0.668. The summed E-state index contributed by atoms with van der Waals surface area (Å²) in [5.74, 6) is 1.48. The van der Waals surface area contributed by atoms with Gasteiger partial charge in [0, 0.05) is 44.1 Å². The molecule has 0 amide bonds. The van der Waals surface area contributed by atoms with Crippen molar-refractivity contribution in [2.75, 3.05) is 36.0 Å². The van der Waals surface area contributed by atoms with Crippen molar-refractivity contribution in [3.63, 3.8) is 0 Å². The second kappa shape index (κ2) is 8.37. The number of para-hydroxylation sites is 1. The second-order valence-corrected chi connectivity index (χ2v) is 8.63. The summed E-state index contributed by atoms with van der Waals surface area (Å²) in [7, 11) is -3.78. The van der Waals surface area contributed by atoms with Crippen molar-refractivity contribution in [3.05, 3.63) is 60.4 Å². The zero-order valence-electron chi connectivity index (χ0n) is 16.8. The molecule has 2 N–H and O–H groups in total. The summed E-state index contributed by atoms with van der Waals surface area (Å²) in [6.45, 7) is 4.81. The lowest BCUT2D eigenvalue weighted by Crippen LogP contribution is -2.47. The van der Waals surface area contributed by atoms with Gasteiger partial charge in [-0.1, -0.05) is 25.1 Å². The summed E-state index contributed by atoms with van der Waals surface area (Å²) in [5, 5.41) is 5.40. The van der Waals surface area contributed by atoms with Crippen LogP contribution in [0.15, 0.2) is 59.6 Å². The molecule has 156 valence electrons. The molecule has 8 nitrogen and oxygen atoms in total. The highest BCUT2D eigenvalue weighted by atomic mass is 32.2. The number of rotatable bonds is 5. The Morgan fingerprint density at radius 1 is 0.967 bits per heavy atom.